The van der Waals surface area contributed by atoms with Gasteiger partial charge in [0.25, 0.3) is 0 Å². The molecule has 0 amide bonds. The van der Waals surface area contributed by atoms with Gasteiger partial charge >= 0.3 is 0 Å². The van der Waals surface area contributed by atoms with Crippen molar-refractivity contribution in [2.24, 2.45) is 16.7 Å². The molecule has 0 aliphatic heterocycles. The van der Waals surface area contributed by atoms with E-state index in [0.717, 1.165) is 18.5 Å². The van der Waals surface area contributed by atoms with Crippen molar-refractivity contribution >= 4 is 5.78 Å². The van der Waals surface area contributed by atoms with Crippen LogP contribution in [-0.4, -0.2) is 16.2 Å². The molecule has 4 nitrogen and oxygen atoms in total. The molecule has 1 aromatic heterocycles. The molecule has 86 valence electrons. The third-order valence-corrected chi connectivity index (χ3v) is 5.03. The molecule has 0 radical (unpaired) electrons. The number of nitrogens with zero attached hydrogens (tertiary/aromatic N) is 2. The first kappa shape index (κ1) is 10.00. The summed E-state index contributed by atoms with van der Waals surface area (Å²) in [4.78, 5) is 12.2. The van der Waals surface area contributed by atoms with Crippen LogP contribution in [0.5, 0.6) is 0 Å². The van der Waals surface area contributed by atoms with Crippen LogP contribution in [0.1, 0.15) is 38.8 Å². The minimum atomic E-state index is -0.212. The van der Waals surface area contributed by atoms with Gasteiger partial charge < -0.3 is 4.52 Å². The van der Waals surface area contributed by atoms with Gasteiger partial charge in [-0.15, -0.1) is 5.10 Å². The number of aromatic nitrogens is 2. The van der Waals surface area contributed by atoms with Crippen LogP contribution in [0.3, 0.4) is 0 Å². The molecule has 0 N–H and O–H groups in total. The van der Waals surface area contributed by atoms with E-state index in [0.29, 0.717) is 18.1 Å². The van der Waals surface area contributed by atoms with Crippen LogP contribution < -0.4 is 0 Å². The van der Waals surface area contributed by atoms with Crippen LogP contribution >= 0.6 is 0 Å². The predicted molar refractivity (Wildman–Crippen MR) is 56.6 cm³/mol. The molecule has 1 heterocycles. The zero-order valence-corrected chi connectivity index (χ0v) is 9.69. The zero-order valence-electron chi connectivity index (χ0n) is 9.69. The Balaban J connectivity index is 1.99. The van der Waals surface area contributed by atoms with Crippen molar-refractivity contribution < 1.29 is 9.32 Å². The molecule has 4 heteroatoms. The lowest BCUT2D eigenvalue weighted by Crippen LogP contribution is -2.38. The molecular formula is C12H16N2O2. The van der Waals surface area contributed by atoms with Crippen molar-refractivity contribution in [2.45, 2.75) is 39.5 Å². The zero-order chi connectivity index (χ0) is 11.4. The number of ketones is 1. The van der Waals surface area contributed by atoms with Crippen LogP contribution in [0.15, 0.2) is 10.8 Å². The fraction of sp³-hybridized carbons (Fsp3) is 0.750. The SMILES string of the molecule is CC1(C)C2CCC1(Cc1conn1)C(=O)C2. The van der Waals surface area contributed by atoms with Crippen molar-refractivity contribution in [1.82, 2.24) is 10.4 Å². The predicted octanol–water partition coefficient (Wildman–Crippen LogP) is 2.01. The number of rotatable bonds is 2. The van der Waals surface area contributed by atoms with Gasteiger partial charge in [-0.1, -0.05) is 13.8 Å². The Hall–Kier alpha value is -1.19. The Morgan fingerprint density at radius 2 is 2.38 bits per heavy atom. The van der Waals surface area contributed by atoms with Gasteiger partial charge in [0.05, 0.1) is 0 Å². The van der Waals surface area contributed by atoms with E-state index >= 15 is 0 Å². The summed E-state index contributed by atoms with van der Waals surface area (Å²) in [5, 5.41) is 7.40. The minimum Gasteiger partial charge on any atom is -0.345 e. The average molecular weight is 220 g/mol. The lowest BCUT2D eigenvalue weighted by molar-refractivity contribution is -0.129. The Morgan fingerprint density at radius 3 is 2.88 bits per heavy atom. The smallest absolute Gasteiger partial charge is 0.147 e. The van der Waals surface area contributed by atoms with E-state index < -0.39 is 0 Å². The van der Waals surface area contributed by atoms with Crippen molar-refractivity contribution in [1.29, 1.82) is 0 Å². The largest absolute Gasteiger partial charge is 0.345 e. The summed E-state index contributed by atoms with van der Waals surface area (Å²) >= 11 is 0. The van der Waals surface area contributed by atoms with Crippen molar-refractivity contribution in [3.05, 3.63) is 12.0 Å². The summed E-state index contributed by atoms with van der Waals surface area (Å²) in [5.41, 5.74) is 0.697. The molecule has 2 unspecified atom stereocenters. The number of carbonyl (C=O) groups is 1. The summed E-state index contributed by atoms with van der Waals surface area (Å²) < 4.78 is 4.76. The van der Waals surface area contributed by atoms with Crippen LogP contribution in [-0.2, 0) is 11.2 Å². The molecule has 2 saturated carbocycles. The van der Waals surface area contributed by atoms with Crippen LogP contribution in [0.25, 0.3) is 0 Å². The topological polar surface area (TPSA) is 56.0 Å². The first-order valence-electron chi connectivity index (χ1n) is 5.85. The fourth-order valence-corrected chi connectivity index (χ4v) is 3.75. The van der Waals surface area contributed by atoms with E-state index in [1.165, 1.54) is 6.42 Å². The summed E-state index contributed by atoms with van der Waals surface area (Å²) in [7, 11) is 0. The third kappa shape index (κ3) is 1.02. The summed E-state index contributed by atoms with van der Waals surface area (Å²) in [6, 6.07) is 0. The average Bonchev–Trinajstić information content (AvgIpc) is 2.84. The number of hydrogen-bond donors (Lipinski definition) is 0. The van der Waals surface area contributed by atoms with Gasteiger partial charge in [-0.3, -0.25) is 4.79 Å². The van der Waals surface area contributed by atoms with Crippen LogP contribution in [0.2, 0.25) is 0 Å². The Labute approximate surface area is 94.4 Å². The fourth-order valence-electron chi connectivity index (χ4n) is 3.75. The molecule has 2 atom stereocenters. The highest BCUT2D eigenvalue weighted by atomic mass is 16.5. The normalized spacial score (nSPS) is 35.9. The maximum atomic E-state index is 12.2. The van der Waals surface area contributed by atoms with Crippen LogP contribution in [0.4, 0.5) is 0 Å². The van der Waals surface area contributed by atoms with E-state index in [-0.39, 0.29) is 10.8 Å². The Kier molecular flexibility index (Phi) is 1.83. The maximum absolute atomic E-state index is 12.2. The van der Waals surface area contributed by atoms with Gasteiger partial charge in [0.1, 0.15) is 17.7 Å². The molecule has 2 fully saturated rings. The van der Waals surface area contributed by atoms with Gasteiger partial charge in [0, 0.05) is 23.5 Å². The second-order valence-electron chi connectivity index (χ2n) is 5.74. The van der Waals surface area contributed by atoms with Crippen molar-refractivity contribution in [3.8, 4) is 0 Å². The maximum Gasteiger partial charge on any atom is 0.147 e. The highest BCUT2D eigenvalue weighted by Gasteiger charge is 2.63. The summed E-state index contributed by atoms with van der Waals surface area (Å²) in [6.07, 6.45) is 5.17. The molecule has 1 aromatic rings. The standard InChI is InChI=1S/C12H16N2O2/c1-11(2)8-3-4-12(11,10(15)5-8)6-9-7-16-14-13-9/h7-8H,3-6H2,1-2H3. The van der Waals surface area contributed by atoms with E-state index in [4.69, 9.17) is 4.52 Å². The summed E-state index contributed by atoms with van der Waals surface area (Å²) in [5.74, 6) is 0.969. The van der Waals surface area contributed by atoms with Gasteiger partial charge in [-0.25, -0.2) is 0 Å². The Morgan fingerprint density at radius 1 is 1.56 bits per heavy atom. The van der Waals surface area contributed by atoms with E-state index in [1.807, 2.05) is 0 Å². The van der Waals surface area contributed by atoms with Gasteiger partial charge in [-0.05, 0) is 24.2 Å². The highest BCUT2D eigenvalue weighted by Crippen LogP contribution is 2.64. The number of carbonyl (C=O) groups excluding carboxylic acids is 1. The quantitative estimate of drug-likeness (QED) is 0.765. The van der Waals surface area contributed by atoms with E-state index in [2.05, 4.69) is 24.2 Å². The van der Waals surface area contributed by atoms with Crippen molar-refractivity contribution in [2.75, 3.05) is 0 Å². The molecule has 2 aliphatic rings. The first-order valence-corrected chi connectivity index (χ1v) is 5.85. The molecule has 3 rings (SSSR count). The second-order valence-corrected chi connectivity index (χ2v) is 5.74. The number of fused-ring (bicyclic) bond motifs is 2. The number of hydrogen-bond acceptors (Lipinski definition) is 4. The van der Waals surface area contributed by atoms with Crippen molar-refractivity contribution in [3.63, 3.8) is 0 Å². The van der Waals surface area contributed by atoms with Gasteiger partial charge in [-0.2, -0.15) is 0 Å². The lowest BCUT2D eigenvalue weighted by atomic mass is 9.66. The molecule has 0 spiro atoms. The molecule has 2 bridgehead atoms. The van der Waals surface area contributed by atoms with E-state index in [9.17, 15) is 4.79 Å². The molecule has 2 aliphatic carbocycles. The minimum absolute atomic E-state index is 0.100. The molecule has 0 aromatic carbocycles. The first-order chi connectivity index (χ1) is 7.56. The lowest BCUT2D eigenvalue weighted by Gasteiger charge is -2.35. The summed E-state index contributed by atoms with van der Waals surface area (Å²) in [6.45, 7) is 4.45. The van der Waals surface area contributed by atoms with Crippen LogP contribution in [0, 0.1) is 16.7 Å². The molecular weight excluding hydrogens is 204 g/mol. The highest BCUT2D eigenvalue weighted by molar-refractivity contribution is 5.89. The van der Waals surface area contributed by atoms with E-state index in [1.54, 1.807) is 6.26 Å². The second kappa shape index (κ2) is 2.93. The van der Waals surface area contributed by atoms with Gasteiger partial charge in [0.2, 0.25) is 0 Å². The number of Topliss-reactive ketones (excluding diaryl/α,β-unsaturated/α-hetero) is 1. The van der Waals surface area contributed by atoms with Gasteiger partial charge in [0.15, 0.2) is 0 Å². The molecule has 0 saturated heterocycles. The third-order valence-electron chi connectivity index (χ3n) is 5.03. The molecule has 16 heavy (non-hydrogen) atoms. The Bertz CT molecular complexity index is 424. The monoisotopic (exact) mass is 220 g/mol.